The van der Waals surface area contributed by atoms with E-state index < -0.39 is 61.5 Å². The number of anilines is 2. The molecular weight excluding hydrogens is 782 g/mol. The summed E-state index contributed by atoms with van der Waals surface area (Å²) in [4.78, 5) is 56.0. The van der Waals surface area contributed by atoms with Crippen molar-refractivity contribution in [1.29, 1.82) is 0 Å². The van der Waals surface area contributed by atoms with Gasteiger partial charge in [0, 0.05) is 19.5 Å². The number of piperidine rings is 1. The van der Waals surface area contributed by atoms with Crippen LogP contribution in [0.5, 0.6) is 0 Å². The molecule has 2 aliphatic carbocycles. The van der Waals surface area contributed by atoms with Crippen LogP contribution in [0.1, 0.15) is 109 Å². The second-order valence-electron chi connectivity index (χ2n) is 15.5. The fourth-order valence-corrected chi connectivity index (χ4v) is 10.4. The lowest BCUT2D eigenvalue weighted by Crippen LogP contribution is -2.53. The molecule has 324 valence electrons. The van der Waals surface area contributed by atoms with Crippen LogP contribution in [0.3, 0.4) is 0 Å². The number of rotatable bonds is 19. The molecule has 0 aromatic heterocycles. The highest BCUT2D eigenvalue weighted by atomic mass is 31.2. The van der Waals surface area contributed by atoms with Crippen molar-refractivity contribution in [2.75, 3.05) is 43.1 Å². The largest absolute Gasteiger partial charge is 0.446 e. The van der Waals surface area contributed by atoms with Crippen molar-refractivity contribution in [1.82, 2.24) is 10.2 Å². The Morgan fingerprint density at radius 1 is 0.931 bits per heavy atom. The minimum absolute atomic E-state index is 0.0645. The lowest BCUT2D eigenvalue weighted by molar-refractivity contribution is -0.139. The topological polar surface area (TPSA) is 179 Å². The zero-order valence-electron chi connectivity index (χ0n) is 33.5. The molecule has 0 spiro atoms. The summed E-state index contributed by atoms with van der Waals surface area (Å²) in [5.74, 6) is -1.28. The standard InChI is InChI=1S/C40H59F3N5O9P/c1-3-54-58(53,55-4-2)35-23-27(35)15-9-6-5-7-10-18-31(45-38(51)56-29-16-11-12-17-29)37(50)48-26-30(25-34(48)36(44)49)57-39(52)46-32-24-28(40(41,42)43)19-20-33(32)47-21-13-8-14-22-47/h9,15,19-20,24,27,29-31,34-35H,3-8,10-14,16-18,21-23,25-26H2,1-2H3,(H2,44,49)(H,45,51)(H,46,52)/b15-9-/t27-,30-,31+,34+,35+/m1/s1. The van der Waals surface area contributed by atoms with Crippen LogP contribution in [0, 0.1) is 5.92 Å². The van der Waals surface area contributed by atoms with Crippen LogP contribution >= 0.6 is 7.60 Å². The Morgan fingerprint density at radius 2 is 1.62 bits per heavy atom. The number of hydrogen-bond donors (Lipinski definition) is 3. The molecule has 0 bridgehead atoms. The molecule has 1 aromatic carbocycles. The number of alkyl halides is 3. The van der Waals surface area contributed by atoms with Gasteiger partial charge in [0.05, 0.1) is 42.4 Å². The summed E-state index contributed by atoms with van der Waals surface area (Å²) in [6.07, 6.45) is 6.12. The average molecular weight is 842 g/mol. The Balaban J connectivity index is 1.19. The Labute approximate surface area is 338 Å². The molecule has 0 radical (unpaired) electrons. The van der Waals surface area contributed by atoms with Crippen LogP contribution in [-0.2, 0) is 38.9 Å². The van der Waals surface area contributed by atoms with Gasteiger partial charge in [0.15, 0.2) is 0 Å². The number of benzene rings is 1. The Kier molecular flexibility index (Phi) is 16.3. The van der Waals surface area contributed by atoms with Gasteiger partial charge >= 0.3 is 26.0 Å². The fourth-order valence-electron chi connectivity index (χ4n) is 8.12. The summed E-state index contributed by atoms with van der Waals surface area (Å²) >= 11 is 0. The number of likely N-dealkylation sites (tertiary alicyclic amines) is 1. The van der Waals surface area contributed by atoms with E-state index in [2.05, 4.69) is 10.6 Å². The van der Waals surface area contributed by atoms with Crippen LogP contribution < -0.4 is 21.3 Å². The van der Waals surface area contributed by atoms with E-state index in [0.717, 1.165) is 82.8 Å². The minimum Gasteiger partial charge on any atom is -0.446 e. The summed E-state index contributed by atoms with van der Waals surface area (Å²) in [7, 11) is -3.13. The monoisotopic (exact) mass is 841 g/mol. The number of ether oxygens (including phenoxy) is 2. The maximum atomic E-state index is 14.1. The van der Waals surface area contributed by atoms with E-state index >= 15 is 0 Å². The molecule has 4 fully saturated rings. The van der Waals surface area contributed by atoms with E-state index in [9.17, 15) is 36.9 Å². The summed E-state index contributed by atoms with van der Waals surface area (Å²) in [5, 5.41) is 5.17. The number of nitrogens with two attached hydrogens (primary N) is 1. The first-order valence-electron chi connectivity index (χ1n) is 20.8. The van der Waals surface area contributed by atoms with E-state index in [1.807, 2.05) is 17.1 Å². The number of nitrogens with one attached hydrogen (secondary N) is 2. The lowest BCUT2D eigenvalue weighted by Gasteiger charge is -2.31. The highest BCUT2D eigenvalue weighted by Crippen LogP contribution is 2.65. The number of nitrogens with zero attached hydrogens (tertiary/aromatic N) is 2. The molecule has 2 saturated carbocycles. The number of hydrogen-bond acceptors (Lipinski definition) is 10. The molecule has 58 heavy (non-hydrogen) atoms. The predicted octanol–water partition coefficient (Wildman–Crippen LogP) is 7.90. The number of carbonyl (C=O) groups is 4. The van der Waals surface area contributed by atoms with Crippen molar-refractivity contribution in [2.45, 2.75) is 140 Å². The molecule has 2 heterocycles. The SMILES string of the molecule is CCOP(=O)(OCC)[C@H]1C[C@H]1/C=C\CCCCC[C@H](NC(=O)OC1CCCC1)C(=O)N1C[C@H](OC(=O)Nc2cc(C(F)(F)F)ccc2N2CCCCC2)C[C@H]1C(N)=O. The van der Waals surface area contributed by atoms with Crippen molar-refractivity contribution in [3.8, 4) is 0 Å². The van der Waals surface area contributed by atoms with Crippen molar-refractivity contribution in [3.63, 3.8) is 0 Å². The van der Waals surface area contributed by atoms with Gasteiger partial charge in [-0.15, -0.1) is 0 Å². The molecule has 0 unspecified atom stereocenters. The van der Waals surface area contributed by atoms with E-state index in [-0.39, 0.29) is 42.8 Å². The van der Waals surface area contributed by atoms with Crippen molar-refractivity contribution in [3.05, 3.63) is 35.9 Å². The highest BCUT2D eigenvalue weighted by Gasteiger charge is 2.51. The smallest absolute Gasteiger partial charge is 0.416 e. The summed E-state index contributed by atoms with van der Waals surface area (Å²) in [5.41, 5.74) is 5.02. The van der Waals surface area contributed by atoms with Crippen LogP contribution in [0.15, 0.2) is 30.4 Å². The Hall–Kier alpha value is -3.82. The lowest BCUT2D eigenvalue weighted by atomic mass is 10.0. The normalized spacial score (nSPS) is 23.2. The van der Waals surface area contributed by atoms with Crippen molar-refractivity contribution in [2.24, 2.45) is 11.7 Å². The first-order valence-corrected chi connectivity index (χ1v) is 22.4. The van der Waals surface area contributed by atoms with Crippen LogP contribution in [0.4, 0.5) is 34.1 Å². The van der Waals surface area contributed by atoms with Gasteiger partial charge in [0.2, 0.25) is 11.8 Å². The van der Waals surface area contributed by atoms with Crippen molar-refractivity contribution >= 4 is 43.0 Å². The summed E-state index contributed by atoms with van der Waals surface area (Å²) in [6.45, 7) is 5.23. The molecule has 1 aromatic rings. The zero-order chi connectivity index (χ0) is 41.9. The quantitative estimate of drug-likeness (QED) is 0.0705. The number of allylic oxidation sites excluding steroid dienone is 2. The molecule has 2 aliphatic heterocycles. The zero-order valence-corrected chi connectivity index (χ0v) is 34.4. The summed E-state index contributed by atoms with van der Waals surface area (Å²) in [6, 6.07) is 0.959. The van der Waals surface area contributed by atoms with Gasteiger partial charge in [-0.25, -0.2) is 9.59 Å². The van der Waals surface area contributed by atoms with Crippen LogP contribution in [0.2, 0.25) is 0 Å². The Morgan fingerprint density at radius 3 is 2.28 bits per heavy atom. The van der Waals surface area contributed by atoms with Gasteiger partial charge in [-0.05, 0) is 109 Å². The van der Waals surface area contributed by atoms with Gasteiger partial charge in [0.25, 0.3) is 0 Å². The van der Waals surface area contributed by atoms with Crippen LogP contribution in [0.25, 0.3) is 0 Å². The van der Waals surface area contributed by atoms with E-state index in [4.69, 9.17) is 24.3 Å². The number of alkyl carbamates (subject to hydrolysis) is 1. The number of halogens is 3. The number of carbonyl (C=O) groups excluding carboxylic acids is 4. The molecule has 2 saturated heterocycles. The maximum absolute atomic E-state index is 14.1. The Bertz CT molecular complexity index is 1640. The minimum atomic E-state index is -4.64. The third-order valence-electron chi connectivity index (χ3n) is 11.1. The predicted molar refractivity (Wildman–Crippen MR) is 211 cm³/mol. The van der Waals surface area contributed by atoms with Gasteiger partial charge in [-0.1, -0.05) is 25.0 Å². The first-order chi connectivity index (χ1) is 27.7. The van der Waals surface area contributed by atoms with Gasteiger partial charge in [-0.2, -0.15) is 13.2 Å². The highest BCUT2D eigenvalue weighted by molar-refractivity contribution is 7.55. The second kappa shape index (κ2) is 20.9. The van der Waals surface area contributed by atoms with Crippen LogP contribution in [-0.4, -0.2) is 91.7 Å². The molecule has 4 amide bonds. The van der Waals surface area contributed by atoms with Crippen molar-refractivity contribution < 1.29 is 55.4 Å². The molecule has 14 nitrogen and oxygen atoms in total. The molecule has 5 rings (SSSR count). The fraction of sp³-hybridized carbons (Fsp3) is 0.700. The molecule has 18 heteroatoms. The second-order valence-corrected chi connectivity index (χ2v) is 17.8. The molecular formula is C40H59F3N5O9P. The molecule has 4 N–H and O–H groups in total. The maximum Gasteiger partial charge on any atom is 0.416 e. The third-order valence-corrected chi connectivity index (χ3v) is 13.8. The third kappa shape index (κ3) is 12.6. The summed E-state index contributed by atoms with van der Waals surface area (Å²) < 4.78 is 76.1. The molecule has 4 aliphatic rings. The molecule has 5 atom stereocenters. The van der Waals surface area contributed by atoms with E-state index in [1.54, 1.807) is 13.8 Å². The van der Waals surface area contributed by atoms with Gasteiger partial charge in [-0.3, -0.25) is 19.5 Å². The first kappa shape index (κ1) is 45.3. The average Bonchev–Trinajstić information content (AvgIpc) is 3.56. The number of amides is 4. The van der Waals surface area contributed by atoms with Gasteiger partial charge in [0.1, 0.15) is 24.3 Å². The van der Waals surface area contributed by atoms with E-state index in [1.165, 1.54) is 11.0 Å². The van der Waals surface area contributed by atoms with Gasteiger partial charge < -0.3 is 39.4 Å². The van der Waals surface area contributed by atoms with E-state index in [0.29, 0.717) is 38.4 Å². The number of unbranched alkanes of at least 4 members (excludes halogenated alkanes) is 3. The number of primary amides is 1.